The van der Waals surface area contributed by atoms with Crippen molar-refractivity contribution in [1.82, 2.24) is 10.3 Å². The van der Waals surface area contributed by atoms with Crippen LogP contribution in [-0.2, 0) is 6.42 Å². The number of aromatic nitrogens is 1. The van der Waals surface area contributed by atoms with Crippen LogP contribution in [0.2, 0.25) is 5.02 Å². The van der Waals surface area contributed by atoms with Crippen molar-refractivity contribution >= 4 is 28.3 Å². The fourth-order valence-electron chi connectivity index (χ4n) is 3.72. The molecule has 0 spiro atoms. The number of nitrogens with one attached hydrogen (secondary N) is 2. The van der Waals surface area contributed by atoms with Gasteiger partial charge in [-0.2, -0.15) is 0 Å². The van der Waals surface area contributed by atoms with E-state index in [2.05, 4.69) is 17.2 Å². The number of rotatable bonds is 7. The summed E-state index contributed by atoms with van der Waals surface area (Å²) in [7, 11) is 0. The molecule has 4 heteroatoms. The van der Waals surface area contributed by atoms with E-state index in [1.165, 1.54) is 5.56 Å². The van der Waals surface area contributed by atoms with Crippen molar-refractivity contribution in [3.8, 4) is 0 Å². The van der Waals surface area contributed by atoms with Gasteiger partial charge in [0.05, 0.1) is 6.04 Å². The molecule has 0 unspecified atom stereocenters. The summed E-state index contributed by atoms with van der Waals surface area (Å²) >= 11 is 6.00. The van der Waals surface area contributed by atoms with Crippen molar-refractivity contribution in [1.29, 1.82) is 0 Å². The number of halogens is 1. The zero-order valence-corrected chi connectivity index (χ0v) is 17.0. The predicted molar refractivity (Wildman–Crippen MR) is 120 cm³/mol. The van der Waals surface area contributed by atoms with Crippen LogP contribution in [0.25, 0.3) is 10.9 Å². The summed E-state index contributed by atoms with van der Waals surface area (Å²) in [6, 6.07) is 25.3. The molecular formula is C25H23ClN2O. The highest BCUT2D eigenvalue weighted by molar-refractivity contribution is 6.30. The van der Waals surface area contributed by atoms with Gasteiger partial charge in [0, 0.05) is 33.7 Å². The molecule has 1 heterocycles. The Balaban J connectivity index is 1.61. The maximum Gasteiger partial charge on any atom is 0.186 e. The summed E-state index contributed by atoms with van der Waals surface area (Å²) in [6.45, 7) is 2.10. The Bertz CT molecular complexity index is 1100. The Morgan fingerprint density at radius 3 is 2.41 bits per heavy atom. The number of benzene rings is 3. The molecule has 0 radical (unpaired) electrons. The van der Waals surface area contributed by atoms with Crippen LogP contribution in [0.3, 0.4) is 0 Å². The Kier molecular flexibility index (Phi) is 5.79. The summed E-state index contributed by atoms with van der Waals surface area (Å²) in [5.74, 6) is 0.0663. The van der Waals surface area contributed by atoms with Crippen LogP contribution in [-0.4, -0.2) is 16.8 Å². The van der Waals surface area contributed by atoms with Crippen molar-refractivity contribution in [2.24, 2.45) is 0 Å². The molecular weight excluding hydrogens is 380 g/mol. The predicted octanol–water partition coefficient (Wildman–Crippen LogP) is 5.97. The van der Waals surface area contributed by atoms with Crippen molar-refractivity contribution in [3.05, 3.63) is 107 Å². The largest absolute Gasteiger partial charge is 0.360 e. The van der Waals surface area contributed by atoms with Gasteiger partial charge in [-0.05, 0) is 42.7 Å². The van der Waals surface area contributed by atoms with Crippen molar-refractivity contribution in [3.63, 3.8) is 0 Å². The highest BCUT2D eigenvalue weighted by atomic mass is 35.5. The number of carbonyl (C=O) groups excluding carboxylic acids is 1. The Labute approximate surface area is 175 Å². The molecule has 1 aromatic heterocycles. The van der Waals surface area contributed by atoms with E-state index >= 15 is 0 Å². The van der Waals surface area contributed by atoms with Crippen LogP contribution in [0.15, 0.2) is 85.1 Å². The highest BCUT2D eigenvalue weighted by Crippen LogP contribution is 2.25. The maximum atomic E-state index is 13.6. The molecule has 0 saturated heterocycles. The number of hydrogen-bond donors (Lipinski definition) is 2. The third kappa shape index (κ3) is 4.42. The first-order valence-electron chi connectivity index (χ1n) is 9.77. The molecule has 0 aliphatic carbocycles. The van der Waals surface area contributed by atoms with Gasteiger partial charge in [0.15, 0.2) is 5.78 Å². The fraction of sp³-hybridized carbons (Fsp3) is 0.160. The van der Waals surface area contributed by atoms with E-state index < -0.39 is 6.04 Å². The first-order valence-corrected chi connectivity index (χ1v) is 10.2. The van der Waals surface area contributed by atoms with E-state index in [-0.39, 0.29) is 11.8 Å². The summed E-state index contributed by atoms with van der Waals surface area (Å²) < 4.78 is 0. The Morgan fingerprint density at radius 1 is 0.966 bits per heavy atom. The molecule has 0 fully saturated rings. The van der Waals surface area contributed by atoms with Crippen molar-refractivity contribution < 1.29 is 4.79 Å². The van der Waals surface area contributed by atoms with Gasteiger partial charge >= 0.3 is 0 Å². The monoisotopic (exact) mass is 402 g/mol. The summed E-state index contributed by atoms with van der Waals surface area (Å²) in [6.07, 6.45) is 2.62. The lowest BCUT2D eigenvalue weighted by molar-refractivity contribution is 0.0938. The number of hydrogen-bond acceptors (Lipinski definition) is 2. The molecule has 4 rings (SSSR count). The van der Waals surface area contributed by atoms with Crippen molar-refractivity contribution in [2.45, 2.75) is 25.4 Å². The number of Topliss-reactive ketones (excluding diaryl/α,β-unsaturated/α-hetero) is 1. The molecule has 0 aliphatic rings. The normalized spacial score (nSPS) is 13.3. The molecule has 0 aliphatic heterocycles. The second-order valence-electron chi connectivity index (χ2n) is 7.35. The zero-order valence-electron chi connectivity index (χ0n) is 16.2. The third-order valence-corrected chi connectivity index (χ3v) is 5.41. The van der Waals surface area contributed by atoms with Crippen molar-refractivity contribution in [2.75, 3.05) is 0 Å². The molecule has 0 saturated carbocycles. The van der Waals surface area contributed by atoms with E-state index in [4.69, 9.17) is 11.6 Å². The third-order valence-electron chi connectivity index (χ3n) is 5.16. The van der Waals surface area contributed by atoms with Gasteiger partial charge < -0.3 is 10.3 Å². The van der Waals surface area contributed by atoms with Gasteiger partial charge in [0.25, 0.3) is 0 Å². The Hall–Kier alpha value is -2.88. The standard InChI is InChI=1S/C25H23ClN2O/c1-17(15-18-11-13-20(26)14-12-18)28-24(19-7-3-2-4-8-19)25(29)22-16-27-23-10-6-5-9-21(22)23/h2-14,16-17,24,27-28H,15H2,1H3/t17-,24-/m1/s1. The molecule has 146 valence electrons. The van der Waals surface area contributed by atoms with Gasteiger partial charge in [0.2, 0.25) is 0 Å². The number of carbonyl (C=O) groups is 1. The minimum Gasteiger partial charge on any atom is -0.360 e. The van der Waals surface area contributed by atoms with E-state index in [9.17, 15) is 4.79 Å². The summed E-state index contributed by atoms with van der Waals surface area (Å²) in [5.41, 5.74) is 3.82. The molecule has 0 amide bonds. The van der Waals surface area contributed by atoms with Crippen LogP contribution in [0.4, 0.5) is 0 Å². The number of ketones is 1. The van der Waals surface area contributed by atoms with Crippen LogP contribution in [0.5, 0.6) is 0 Å². The number of para-hydroxylation sites is 1. The fourth-order valence-corrected chi connectivity index (χ4v) is 3.84. The summed E-state index contributed by atoms with van der Waals surface area (Å²) in [4.78, 5) is 16.8. The van der Waals surface area contributed by atoms with Gasteiger partial charge in [-0.25, -0.2) is 0 Å². The van der Waals surface area contributed by atoms with Crippen LogP contribution >= 0.6 is 11.6 Å². The molecule has 4 aromatic rings. The second kappa shape index (κ2) is 8.64. The lowest BCUT2D eigenvalue weighted by Gasteiger charge is -2.23. The average Bonchev–Trinajstić information content (AvgIpc) is 3.18. The number of aromatic amines is 1. The molecule has 3 aromatic carbocycles. The van der Waals surface area contributed by atoms with E-state index in [1.54, 1.807) is 0 Å². The molecule has 2 N–H and O–H groups in total. The molecule has 0 bridgehead atoms. The first kappa shape index (κ1) is 19.4. The molecule has 2 atom stereocenters. The smallest absolute Gasteiger partial charge is 0.186 e. The SMILES string of the molecule is C[C@H](Cc1ccc(Cl)cc1)N[C@@H](C(=O)c1c[nH]c2ccccc12)c1ccccc1. The number of fused-ring (bicyclic) bond motifs is 1. The van der Waals surface area contributed by atoms with Crippen LogP contribution in [0, 0.1) is 0 Å². The second-order valence-corrected chi connectivity index (χ2v) is 7.79. The Morgan fingerprint density at radius 2 is 1.66 bits per heavy atom. The first-order chi connectivity index (χ1) is 14.1. The maximum absolute atomic E-state index is 13.6. The topological polar surface area (TPSA) is 44.9 Å². The lowest BCUT2D eigenvalue weighted by atomic mass is 9.95. The minimum atomic E-state index is -0.419. The minimum absolute atomic E-state index is 0.0663. The van der Waals surface area contributed by atoms with E-state index in [0.29, 0.717) is 5.56 Å². The van der Waals surface area contributed by atoms with Crippen LogP contribution < -0.4 is 5.32 Å². The van der Waals surface area contributed by atoms with E-state index in [0.717, 1.165) is 27.9 Å². The number of H-pyrrole nitrogens is 1. The van der Waals surface area contributed by atoms with Gasteiger partial charge in [-0.3, -0.25) is 4.79 Å². The average molecular weight is 403 g/mol. The van der Waals surface area contributed by atoms with E-state index in [1.807, 2.05) is 85.1 Å². The quantitative estimate of drug-likeness (QED) is 0.374. The van der Waals surface area contributed by atoms with Gasteiger partial charge in [-0.15, -0.1) is 0 Å². The van der Waals surface area contributed by atoms with Gasteiger partial charge in [-0.1, -0.05) is 72.3 Å². The molecule has 3 nitrogen and oxygen atoms in total. The zero-order chi connectivity index (χ0) is 20.2. The summed E-state index contributed by atoms with van der Waals surface area (Å²) in [5, 5.41) is 5.23. The highest BCUT2D eigenvalue weighted by Gasteiger charge is 2.25. The molecule has 29 heavy (non-hydrogen) atoms. The van der Waals surface area contributed by atoms with Crippen LogP contribution in [0.1, 0.15) is 34.5 Å². The van der Waals surface area contributed by atoms with Gasteiger partial charge in [0.1, 0.15) is 0 Å². The lowest BCUT2D eigenvalue weighted by Crippen LogP contribution is -2.36.